The highest BCUT2D eigenvalue weighted by molar-refractivity contribution is 7.89. The van der Waals surface area contributed by atoms with Crippen LogP contribution in [0.2, 0.25) is 0 Å². The molecule has 0 aromatic heterocycles. The Bertz CT molecular complexity index is 1120. The van der Waals surface area contributed by atoms with Crippen LogP contribution < -0.4 is 9.46 Å². The quantitative estimate of drug-likeness (QED) is 0.671. The fourth-order valence-corrected chi connectivity index (χ4v) is 4.97. The molecule has 1 aliphatic heterocycles. The van der Waals surface area contributed by atoms with Gasteiger partial charge in [-0.2, -0.15) is 0 Å². The number of aliphatic imine (C=N–C) groups is 1. The monoisotopic (exact) mass is 437 g/mol. The van der Waals surface area contributed by atoms with E-state index in [1.54, 1.807) is 0 Å². The van der Waals surface area contributed by atoms with Gasteiger partial charge in [0.05, 0.1) is 11.8 Å². The van der Waals surface area contributed by atoms with Crippen molar-refractivity contribution in [2.75, 3.05) is 12.8 Å². The topological polar surface area (TPSA) is 71.0 Å². The standard InChI is InChI=1S/C24H27N3O3S/c1-3-15-31(28,29)26-19-11-14-23-22(17-19)25-24(27(23)2)16-18-9-12-21(13-10-18)30-20-7-5-4-6-8-20/h4-14,22,26H,3,15-17H2,1-2H3. The first kappa shape index (κ1) is 21.2. The zero-order valence-electron chi connectivity index (χ0n) is 17.8. The van der Waals surface area contributed by atoms with Crippen LogP contribution in [0.5, 0.6) is 11.5 Å². The molecule has 1 atom stereocenters. The molecular weight excluding hydrogens is 410 g/mol. The number of rotatable bonds is 8. The van der Waals surface area contributed by atoms with Crippen LogP contribution in [0, 0.1) is 0 Å². The van der Waals surface area contributed by atoms with Gasteiger partial charge >= 0.3 is 0 Å². The van der Waals surface area contributed by atoms with Gasteiger partial charge in [0.2, 0.25) is 10.0 Å². The van der Waals surface area contributed by atoms with Crippen molar-refractivity contribution in [2.45, 2.75) is 32.2 Å². The molecule has 0 saturated heterocycles. The minimum Gasteiger partial charge on any atom is -0.457 e. The molecule has 1 heterocycles. The summed E-state index contributed by atoms with van der Waals surface area (Å²) in [4.78, 5) is 6.97. The van der Waals surface area contributed by atoms with Gasteiger partial charge in [-0.3, -0.25) is 9.71 Å². The highest BCUT2D eigenvalue weighted by Gasteiger charge is 2.31. The van der Waals surface area contributed by atoms with Gasteiger partial charge < -0.3 is 9.64 Å². The Balaban J connectivity index is 1.40. The van der Waals surface area contributed by atoms with Crippen LogP contribution in [0.4, 0.5) is 0 Å². The lowest BCUT2D eigenvalue weighted by atomic mass is 10.0. The maximum Gasteiger partial charge on any atom is 0.232 e. The number of hydrogen-bond donors (Lipinski definition) is 1. The first-order valence-corrected chi connectivity index (χ1v) is 12.1. The summed E-state index contributed by atoms with van der Waals surface area (Å²) in [5.74, 6) is 2.70. The van der Waals surface area contributed by atoms with Gasteiger partial charge in [-0.05, 0) is 48.4 Å². The lowest BCUT2D eigenvalue weighted by molar-refractivity contribution is 0.482. The summed E-state index contributed by atoms with van der Waals surface area (Å²) < 4.78 is 32.7. The van der Waals surface area contributed by atoms with Crippen molar-refractivity contribution in [1.82, 2.24) is 9.62 Å². The SMILES string of the molecule is CCCS(=O)(=O)NC1=CC=C2C(C1)N=C(Cc1ccc(Oc3ccccc3)cc1)N2C. The number of nitrogens with one attached hydrogen (secondary N) is 1. The maximum atomic E-state index is 12.1. The Morgan fingerprint density at radius 2 is 1.77 bits per heavy atom. The van der Waals surface area contributed by atoms with E-state index in [-0.39, 0.29) is 11.8 Å². The smallest absolute Gasteiger partial charge is 0.232 e. The van der Waals surface area contributed by atoms with Gasteiger partial charge in [-0.1, -0.05) is 37.3 Å². The number of hydrogen-bond acceptors (Lipinski definition) is 5. The maximum absolute atomic E-state index is 12.1. The molecule has 31 heavy (non-hydrogen) atoms. The van der Waals surface area contributed by atoms with E-state index in [1.165, 1.54) is 0 Å². The van der Waals surface area contributed by atoms with Crippen molar-refractivity contribution in [3.8, 4) is 11.5 Å². The van der Waals surface area contributed by atoms with Gasteiger partial charge in [-0.15, -0.1) is 0 Å². The van der Waals surface area contributed by atoms with E-state index in [4.69, 9.17) is 9.73 Å². The number of amidine groups is 1. The number of nitrogens with zero attached hydrogens (tertiary/aromatic N) is 2. The molecule has 162 valence electrons. The van der Waals surface area contributed by atoms with Crippen molar-refractivity contribution < 1.29 is 13.2 Å². The first-order chi connectivity index (χ1) is 14.9. The second-order valence-corrected chi connectivity index (χ2v) is 9.61. The number of allylic oxidation sites excluding steroid dienone is 2. The zero-order valence-corrected chi connectivity index (χ0v) is 18.6. The summed E-state index contributed by atoms with van der Waals surface area (Å²) in [6, 6.07) is 17.7. The third-order valence-corrected chi connectivity index (χ3v) is 6.83. The summed E-state index contributed by atoms with van der Waals surface area (Å²) in [6.07, 6.45) is 5.67. The average molecular weight is 438 g/mol. The molecule has 0 amide bonds. The molecule has 1 N–H and O–H groups in total. The Morgan fingerprint density at radius 3 is 2.48 bits per heavy atom. The summed E-state index contributed by atoms with van der Waals surface area (Å²) in [7, 11) is -1.27. The van der Waals surface area contributed by atoms with Gasteiger partial charge in [0.1, 0.15) is 17.3 Å². The molecule has 1 unspecified atom stereocenters. The molecule has 2 aromatic rings. The summed E-state index contributed by atoms with van der Waals surface area (Å²) in [5, 5.41) is 0. The van der Waals surface area contributed by atoms with Gasteiger partial charge in [0.15, 0.2) is 0 Å². The average Bonchev–Trinajstić information content (AvgIpc) is 3.04. The van der Waals surface area contributed by atoms with Crippen LogP contribution >= 0.6 is 0 Å². The first-order valence-electron chi connectivity index (χ1n) is 10.5. The van der Waals surface area contributed by atoms with Crippen LogP contribution in [0.15, 0.2) is 83.1 Å². The van der Waals surface area contributed by atoms with E-state index in [9.17, 15) is 8.42 Å². The minimum absolute atomic E-state index is 0.0509. The normalized spacial score (nSPS) is 18.1. The van der Waals surface area contributed by atoms with E-state index < -0.39 is 10.0 Å². The van der Waals surface area contributed by atoms with E-state index in [1.807, 2.05) is 80.7 Å². The summed E-state index contributed by atoms with van der Waals surface area (Å²) in [6.45, 7) is 1.86. The van der Waals surface area contributed by atoms with Crippen molar-refractivity contribution >= 4 is 15.9 Å². The third-order valence-electron chi connectivity index (χ3n) is 5.31. The molecule has 2 aromatic carbocycles. The van der Waals surface area contributed by atoms with E-state index in [0.29, 0.717) is 25.0 Å². The Labute approximate surface area is 184 Å². The van der Waals surface area contributed by atoms with Crippen LogP contribution in [0.25, 0.3) is 0 Å². The largest absolute Gasteiger partial charge is 0.457 e. The van der Waals surface area contributed by atoms with Crippen LogP contribution in [-0.4, -0.2) is 38.0 Å². The van der Waals surface area contributed by atoms with E-state index in [0.717, 1.165) is 28.6 Å². The highest BCUT2D eigenvalue weighted by atomic mass is 32.2. The highest BCUT2D eigenvalue weighted by Crippen LogP contribution is 2.30. The molecule has 4 rings (SSSR count). The van der Waals surface area contributed by atoms with Crippen molar-refractivity contribution in [1.29, 1.82) is 0 Å². The van der Waals surface area contributed by atoms with Crippen molar-refractivity contribution in [2.24, 2.45) is 4.99 Å². The number of para-hydroxylation sites is 1. The minimum atomic E-state index is -3.28. The van der Waals surface area contributed by atoms with Gasteiger partial charge in [0.25, 0.3) is 0 Å². The zero-order chi connectivity index (χ0) is 21.8. The number of likely N-dealkylation sites (N-methyl/N-ethyl adjacent to an activating group) is 1. The Kier molecular flexibility index (Phi) is 6.13. The predicted molar refractivity (Wildman–Crippen MR) is 124 cm³/mol. The fraction of sp³-hybridized carbons (Fsp3) is 0.292. The van der Waals surface area contributed by atoms with Crippen molar-refractivity contribution in [3.63, 3.8) is 0 Å². The Morgan fingerprint density at radius 1 is 1.06 bits per heavy atom. The molecule has 7 heteroatoms. The Hall–Kier alpha value is -3.06. The van der Waals surface area contributed by atoms with E-state index in [2.05, 4.69) is 9.62 Å². The predicted octanol–water partition coefficient (Wildman–Crippen LogP) is 4.23. The number of benzene rings is 2. The molecule has 2 aliphatic rings. The van der Waals surface area contributed by atoms with Crippen LogP contribution in [-0.2, 0) is 16.4 Å². The molecule has 0 radical (unpaired) electrons. The molecule has 6 nitrogen and oxygen atoms in total. The number of sulfonamides is 1. The second-order valence-electron chi connectivity index (χ2n) is 7.76. The lowest BCUT2D eigenvalue weighted by Crippen LogP contribution is -2.30. The molecule has 1 aliphatic carbocycles. The summed E-state index contributed by atoms with van der Waals surface area (Å²) in [5.41, 5.74) is 2.93. The summed E-state index contributed by atoms with van der Waals surface area (Å²) >= 11 is 0. The van der Waals surface area contributed by atoms with Gasteiger partial charge in [-0.25, -0.2) is 8.42 Å². The molecule has 0 spiro atoms. The lowest BCUT2D eigenvalue weighted by Gasteiger charge is -2.23. The van der Waals surface area contributed by atoms with Crippen molar-refractivity contribution in [3.05, 3.63) is 83.7 Å². The molecule has 0 saturated carbocycles. The number of fused-ring (bicyclic) bond motifs is 1. The van der Waals surface area contributed by atoms with Crippen LogP contribution in [0.1, 0.15) is 25.3 Å². The van der Waals surface area contributed by atoms with Crippen LogP contribution in [0.3, 0.4) is 0 Å². The second kappa shape index (κ2) is 8.98. The molecular formula is C24H27N3O3S. The third kappa shape index (κ3) is 5.17. The van der Waals surface area contributed by atoms with Gasteiger partial charge in [0, 0.05) is 31.3 Å². The molecule has 0 bridgehead atoms. The number of ether oxygens (including phenoxy) is 1. The molecule has 0 fully saturated rings. The van der Waals surface area contributed by atoms with E-state index >= 15 is 0 Å². The fourth-order valence-electron chi connectivity index (χ4n) is 3.78.